The summed E-state index contributed by atoms with van der Waals surface area (Å²) in [7, 11) is -1.37. The standard InChI is InChI=1S/C15H18N2O4S/c1-21-14-4-2-3-13-12(14)5-7-17(13)9-15(18)16-11-6-8-22(19,20)10-11/h2-5,7,11H,6,8-10H2,1H3,(H,16,18). The lowest BCUT2D eigenvalue weighted by atomic mass is 10.2. The molecule has 3 rings (SSSR count). The third-order valence-corrected chi connectivity index (χ3v) is 5.67. The van der Waals surface area contributed by atoms with Crippen LogP contribution < -0.4 is 10.1 Å². The van der Waals surface area contributed by atoms with E-state index in [4.69, 9.17) is 4.74 Å². The molecular weight excluding hydrogens is 304 g/mol. The van der Waals surface area contributed by atoms with Gasteiger partial charge in [-0.05, 0) is 24.6 Å². The summed E-state index contributed by atoms with van der Waals surface area (Å²) in [6, 6.07) is 7.30. The lowest BCUT2D eigenvalue weighted by molar-refractivity contribution is -0.122. The van der Waals surface area contributed by atoms with Crippen molar-refractivity contribution < 1.29 is 17.9 Å². The van der Waals surface area contributed by atoms with E-state index in [1.54, 1.807) is 7.11 Å². The van der Waals surface area contributed by atoms with E-state index in [2.05, 4.69) is 5.32 Å². The number of rotatable bonds is 4. The Labute approximate surface area is 129 Å². The number of carbonyl (C=O) groups is 1. The van der Waals surface area contributed by atoms with E-state index in [0.29, 0.717) is 6.42 Å². The molecule has 1 aliphatic heterocycles. The fourth-order valence-electron chi connectivity index (χ4n) is 2.85. The molecule has 1 saturated heterocycles. The summed E-state index contributed by atoms with van der Waals surface area (Å²) in [5.41, 5.74) is 0.911. The molecule has 2 aromatic rings. The van der Waals surface area contributed by atoms with Gasteiger partial charge in [0.1, 0.15) is 12.3 Å². The van der Waals surface area contributed by atoms with Crippen LogP contribution in [0.1, 0.15) is 6.42 Å². The van der Waals surface area contributed by atoms with E-state index in [-0.39, 0.29) is 30.0 Å². The van der Waals surface area contributed by atoms with Crippen molar-refractivity contribution in [2.24, 2.45) is 0 Å². The zero-order chi connectivity index (χ0) is 15.7. The predicted octanol–water partition coefficient (Wildman–Crippen LogP) is 0.953. The van der Waals surface area contributed by atoms with Crippen molar-refractivity contribution >= 4 is 26.6 Å². The number of benzene rings is 1. The van der Waals surface area contributed by atoms with Crippen LogP contribution in [0, 0.1) is 0 Å². The number of methoxy groups -OCH3 is 1. The van der Waals surface area contributed by atoms with E-state index in [1.165, 1.54) is 0 Å². The van der Waals surface area contributed by atoms with Crippen LogP contribution in [-0.4, -0.2) is 43.5 Å². The maximum Gasteiger partial charge on any atom is 0.240 e. The number of nitrogens with one attached hydrogen (secondary N) is 1. The minimum atomic E-state index is -2.98. The van der Waals surface area contributed by atoms with Gasteiger partial charge in [-0.1, -0.05) is 6.07 Å². The SMILES string of the molecule is COc1cccc2c1ccn2CC(=O)NC1CCS(=O)(=O)C1. The van der Waals surface area contributed by atoms with Crippen molar-refractivity contribution in [2.75, 3.05) is 18.6 Å². The van der Waals surface area contributed by atoms with Gasteiger partial charge in [0.05, 0.1) is 24.1 Å². The van der Waals surface area contributed by atoms with E-state index in [0.717, 1.165) is 16.7 Å². The Kier molecular flexibility index (Phi) is 3.82. The second-order valence-electron chi connectivity index (χ2n) is 5.50. The maximum atomic E-state index is 12.1. The first kappa shape index (κ1) is 14.9. The Bertz CT molecular complexity index is 810. The topological polar surface area (TPSA) is 77.4 Å². The summed E-state index contributed by atoms with van der Waals surface area (Å²) in [6.45, 7) is 0.160. The summed E-state index contributed by atoms with van der Waals surface area (Å²) < 4.78 is 30.0. The van der Waals surface area contributed by atoms with Crippen LogP contribution in [0.15, 0.2) is 30.5 Å². The van der Waals surface area contributed by atoms with Gasteiger partial charge >= 0.3 is 0 Å². The molecule has 1 aromatic heterocycles. The first-order valence-corrected chi connectivity index (χ1v) is 8.92. The van der Waals surface area contributed by atoms with Gasteiger partial charge < -0.3 is 14.6 Å². The Morgan fingerprint density at radius 2 is 2.23 bits per heavy atom. The molecule has 1 fully saturated rings. The Hall–Kier alpha value is -2.02. The van der Waals surface area contributed by atoms with Crippen molar-refractivity contribution in [3.8, 4) is 5.75 Å². The number of nitrogens with zero attached hydrogens (tertiary/aromatic N) is 1. The van der Waals surface area contributed by atoms with E-state index in [9.17, 15) is 13.2 Å². The number of aromatic nitrogens is 1. The lowest BCUT2D eigenvalue weighted by Gasteiger charge is -2.12. The summed E-state index contributed by atoms with van der Waals surface area (Å²) in [5.74, 6) is 0.779. The summed E-state index contributed by atoms with van der Waals surface area (Å²) in [4.78, 5) is 12.1. The molecule has 118 valence electrons. The molecule has 22 heavy (non-hydrogen) atoms. The van der Waals surface area contributed by atoms with Gasteiger partial charge in [-0.3, -0.25) is 4.79 Å². The Morgan fingerprint density at radius 1 is 1.41 bits per heavy atom. The van der Waals surface area contributed by atoms with Crippen molar-refractivity contribution in [2.45, 2.75) is 19.0 Å². The van der Waals surface area contributed by atoms with Crippen LogP contribution in [0.3, 0.4) is 0 Å². The number of amides is 1. The van der Waals surface area contributed by atoms with Gasteiger partial charge in [0.2, 0.25) is 5.91 Å². The number of fused-ring (bicyclic) bond motifs is 1. The monoisotopic (exact) mass is 322 g/mol. The van der Waals surface area contributed by atoms with Gasteiger partial charge in [0.15, 0.2) is 9.84 Å². The highest BCUT2D eigenvalue weighted by atomic mass is 32.2. The van der Waals surface area contributed by atoms with Crippen LogP contribution in [-0.2, 0) is 21.2 Å². The van der Waals surface area contributed by atoms with Crippen molar-refractivity contribution in [1.82, 2.24) is 9.88 Å². The number of hydrogen-bond acceptors (Lipinski definition) is 4. The molecule has 2 heterocycles. The first-order valence-electron chi connectivity index (χ1n) is 7.10. The van der Waals surface area contributed by atoms with Crippen molar-refractivity contribution in [3.63, 3.8) is 0 Å². The molecule has 7 heteroatoms. The highest BCUT2D eigenvalue weighted by molar-refractivity contribution is 7.91. The highest BCUT2D eigenvalue weighted by Gasteiger charge is 2.28. The molecule has 1 atom stereocenters. The van der Waals surface area contributed by atoms with Crippen LogP contribution in [0.5, 0.6) is 5.75 Å². The van der Waals surface area contributed by atoms with E-state index in [1.807, 2.05) is 35.0 Å². The molecule has 0 radical (unpaired) electrons. The van der Waals surface area contributed by atoms with Gasteiger partial charge in [-0.25, -0.2) is 8.42 Å². The number of sulfone groups is 1. The second-order valence-corrected chi connectivity index (χ2v) is 7.73. The Balaban J connectivity index is 1.72. The van der Waals surface area contributed by atoms with E-state index >= 15 is 0 Å². The maximum absolute atomic E-state index is 12.1. The van der Waals surface area contributed by atoms with Crippen molar-refractivity contribution in [1.29, 1.82) is 0 Å². The quantitative estimate of drug-likeness (QED) is 0.909. The van der Waals surface area contributed by atoms with Crippen LogP contribution in [0.4, 0.5) is 0 Å². The fraction of sp³-hybridized carbons (Fsp3) is 0.400. The third-order valence-electron chi connectivity index (χ3n) is 3.91. The van der Waals surface area contributed by atoms with Crippen LogP contribution in [0.2, 0.25) is 0 Å². The lowest BCUT2D eigenvalue weighted by Crippen LogP contribution is -2.37. The number of ether oxygens (including phenoxy) is 1. The molecule has 1 amide bonds. The molecule has 6 nitrogen and oxygen atoms in total. The fourth-order valence-corrected chi connectivity index (χ4v) is 4.52. The van der Waals surface area contributed by atoms with Gasteiger partial charge in [0.25, 0.3) is 0 Å². The Morgan fingerprint density at radius 3 is 2.91 bits per heavy atom. The van der Waals surface area contributed by atoms with Crippen LogP contribution >= 0.6 is 0 Å². The average molecular weight is 322 g/mol. The zero-order valence-electron chi connectivity index (χ0n) is 12.3. The summed E-state index contributed by atoms with van der Waals surface area (Å²) in [6.07, 6.45) is 2.33. The van der Waals surface area contributed by atoms with Crippen molar-refractivity contribution in [3.05, 3.63) is 30.5 Å². The molecule has 1 aromatic carbocycles. The highest BCUT2D eigenvalue weighted by Crippen LogP contribution is 2.26. The minimum absolute atomic E-state index is 0.0407. The smallest absolute Gasteiger partial charge is 0.240 e. The largest absolute Gasteiger partial charge is 0.496 e. The minimum Gasteiger partial charge on any atom is -0.496 e. The third kappa shape index (κ3) is 2.94. The predicted molar refractivity (Wildman–Crippen MR) is 83.7 cm³/mol. The first-order chi connectivity index (χ1) is 10.5. The molecule has 0 spiro atoms. The molecule has 1 aliphatic rings. The normalized spacial score (nSPS) is 20.1. The molecule has 1 unspecified atom stereocenters. The number of hydrogen-bond donors (Lipinski definition) is 1. The summed E-state index contributed by atoms with van der Waals surface area (Å²) in [5, 5.41) is 3.74. The van der Waals surface area contributed by atoms with Gasteiger partial charge in [0, 0.05) is 17.6 Å². The van der Waals surface area contributed by atoms with Gasteiger partial charge in [-0.15, -0.1) is 0 Å². The zero-order valence-corrected chi connectivity index (χ0v) is 13.1. The molecule has 0 aliphatic carbocycles. The molecular formula is C15H18N2O4S. The molecule has 1 N–H and O–H groups in total. The second kappa shape index (κ2) is 5.64. The summed E-state index contributed by atoms with van der Waals surface area (Å²) >= 11 is 0. The average Bonchev–Trinajstić information content (AvgIpc) is 3.02. The molecule has 0 saturated carbocycles. The number of carbonyl (C=O) groups excluding carboxylic acids is 1. The van der Waals surface area contributed by atoms with E-state index < -0.39 is 9.84 Å². The van der Waals surface area contributed by atoms with Gasteiger partial charge in [-0.2, -0.15) is 0 Å². The molecule has 0 bridgehead atoms. The van der Waals surface area contributed by atoms with Crippen LogP contribution in [0.25, 0.3) is 10.9 Å².